The van der Waals surface area contributed by atoms with E-state index >= 15 is 0 Å². The van der Waals surface area contributed by atoms with Gasteiger partial charge in [-0.05, 0) is 5.56 Å². The van der Waals surface area contributed by atoms with E-state index in [1.54, 1.807) is 0 Å². The first-order valence-corrected chi connectivity index (χ1v) is 7.64. The predicted octanol–water partition coefficient (Wildman–Crippen LogP) is 1.64. The summed E-state index contributed by atoms with van der Waals surface area (Å²) in [5, 5.41) is 21.9. The highest BCUT2D eigenvalue weighted by atomic mass is 32.2. The maximum Gasteiger partial charge on any atom is 0.269 e. The standard InChI is InChI=1S/C9H11NO8S2/c11-10(12)9-3-1-7(2-4-9)8(5-19-18-17-13)6-20(14,15)16/h1-4,8,13H,5-6H2,(H,14,15,16). The van der Waals surface area contributed by atoms with Crippen LogP contribution in [0.1, 0.15) is 11.5 Å². The third kappa shape index (κ3) is 5.81. The Morgan fingerprint density at radius 1 is 1.35 bits per heavy atom. The minimum atomic E-state index is -4.24. The number of rotatable bonds is 8. The Balaban J connectivity index is 2.88. The van der Waals surface area contributed by atoms with E-state index in [0.29, 0.717) is 17.6 Å². The first-order valence-electron chi connectivity index (χ1n) is 5.12. The highest BCUT2D eigenvalue weighted by molar-refractivity contribution is 7.94. The number of hydrogen-bond acceptors (Lipinski definition) is 8. The van der Waals surface area contributed by atoms with Crippen LogP contribution in [-0.2, 0) is 19.5 Å². The molecule has 0 saturated heterocycles. The summed E-state index contributed by atoms with van der Waals surface area (Å²) in [5.41, 5.74) is 0.323. The van der Waals surface area contributed by atoms with Crippen LogP contribution in [-0.4, -0.2) is 34.7 Å². The average molecular weight is 325 g/mol. The molecule has 0 heterocycles. The summed E-state index contributed by atoms with van der Waals surface area (Å²) in [6.45, 7) is 0. The predicted molar refractivity (Wildman–Crippen MR) is 69.5 cm³/mol. The molecule has 0 spiro atoms. The fraction of sp³-hybridized carbons (Fsp3) is 0.333. The Bertz CT molecular complexity index is 544. The fourth-order valence-electron chi connectivity index (χ4n) is 1.49. The molecule has 1 aromatic rings. The van der Waals surface area contributed by atoms with Crippen LogP contribution in [0.3, 0.4) is 0 Å². The van der Waals surface area contributed by atoms with Gasteiger partial charge in [0.2, 0.25) is 0 Å². The largest absolute Gasteiger partial charge is 0.286 e. The minimum Gasteiger partial charge on any atom is -0.286 e. The van der Waals surface area contributed by atoms with Gasteiger partial charge in [0.25, 0.3) is 15.8 Å². The summed E-state index contributed by atoms with van der Waals surface area (Å²) < 4.78 is 34.9. The third-order valence-electron chi connectivity index (χ3n) is 2.33. The van der Waals surface area contributed by atoms with Gasteiger partial charge in [0, 0.05) is 35.8 Å². The number of benzene rings is 1. The molecule has 1 rings (SSSR count). The zero-order valence-corrected chi connectivity index (χ0v) is 11.5. The zero-order valence-electron chi connectivity index (χ0n) is 9.91. The van der Waals surface area contributed by atoms with Crippen LogP contribution < -0.4 is 0 Å². The van der Waals surface area contributed by atoms with Gasteiger partial charge in [-0.15, -0.1) is 4.33 Å². The third-order valence-corrected chi connectivity index (χ3v) is 3.85. The van der Waals surface area contributed by atoms with Gasteiger partial charge in [-0.25, -0.2) is 5.26 Å². The molecule has 2 N–H and O–H groups in total. The van der Waals surface area contributed by atoms with Crippen LogP contribution in [0.15, 0.2) is 24.3 Å². The number of nitro groups is 1. The van der Waals surface area contributed by atoms with Crippen LogP contribution in [0.5, 0.6) is 0 Å². The smallest absolute Gasteiger partial charge is 0.269 e. The fourth-order valence-corrected chi connectivity index (χ4v) is 3.04. The van der Waals surface area contributed by atoms with Gasteiger partial charge in [0.1, 0.15) is 0 Å². The summed E-state index contributed by atoms with van der Waals surface area (Å²) in [6.07, 6.45) is 0. The maximum atomic E-state index is 10.9. The second kappa shape index (κ2) is 7.52. The molecule has 11 heteroatoms. The lowest BCUT2D eigenvalue weighted by molar-refractivity contribution is -0.432. The number of hydrogen-bond donors (Lipinski definition) is 2. The van der Waals surface area contributed by atoms with Crippen molar-refractivity contribution in [1.29, 1.82) is 0 Å². The molecule has 0 fully saturated rings. The van der Waals surface area contributed by atoms with Crippen molar-refractivity contribution in [2.75, 3.05) is 11.5 Å². The molecule has 0 aromatic heterocycles. The Hall–Kier alpha value is -1.24. The molecule has 1 unspecified atom stereocenters. The van der Waals surface area contributed by atoms with Gasteiger partial charge < -0.3 is 0 Å². The minimum absolute atomic E-state index is 0.0398. The van der Waals surface area contributed by atoms with Crippen molar-refractivity contribution in [3.8, 4) is 0 Å². The molecule has 1 atom stereocenters. The van der Waals surface area contributed by atoms with E-state index < -0.39 is 26.7 Å². The molecule has 9 nitrogen and oxygen atoms in total. The highest BCUT2D eigenvalue weighted by Crippen LogP contribution is 2.25. The van der Waals surface area contributed by atoms with Gasteiger partial charge in [-0.1, -0.05) is 17.2 Å². The Morgan fingerprint density at radius 3 is 2.40 bits per heavy atom. The van der Waals surface area contributed by atoms with E-state index in [-0.39, 0.29) is 11.4 Å². The lowest BCUT2D eigenvalue weighted by atomic mass is 10.0. The van der Waals surface area contributed by atoms with Crippen LogP contribution in [0.4, 0.5) is 5.69 Å². The van der Waals surface area contributed by atoms with Gasteiger partial charge in [-0.2, -0.15) is 8.42 Å². The summed E-state index contributed by atoms with van der Waals surface area (Å²) >= 11 is 0.626. The Labute approximate surface area is 118 Å². The monoisotopic (exact) mass is 325 g/mol. The molecule has 0 aliphatic carbocycles. The van der Waals surface area contributed by atoms with Gasteiger partial charge >= 0.3 is 0 Å². The quantitative estimate of drug-likeness (QED) is 0.182. The van der Waals surface area contributed by atoms with E-state index in [2.05, 4.69) is 9.37 Å². The average Bonchev–Trinajstić information content (AvgIpc) is 2.36. The highest BCUT2D eigenvalue weighted by Gasteiger charge is 2.20. The maximum absolute atomic E-state index is 10.9. The van der Waals surface area contributed by atoms with Crippen molar-refractivity contribution in [3.63, 3.8) is 0 Å². The van der Waals surface area contributed by atoms with Crippen LogP contribution >= 0.6 is 12.0 Å². The molecule has 112 valence electrons. The molecule has 0 amide bonds. The van der Waals surface area contributed by atoms with E-state index in [1.165, 1.54) is 24.3 Å². The summed E-state index contributed by atoms with van der Waals surface area (Å²) in [7, 11) is -4.24. The summed E-state index contributed by atoms with van der Waals surface area (Å²) in [6, 6.07) is 5.21. The molecule has 0 aliphatic heterocycles. The zero-order chi connectivity index (χ0) is 15.2. The van der Waals surface area contributed by atoms with Crippen LogP contribution in [0.25, 0.3) is 0 Å². The Morgan fingerprint density at radius 2 is 1.95 bits per heavy atom. The number of nitro benzene ring substituents is 1. The molecule has 0 aliphatic rings. The van der Waals surface area contributed by atoms with Gasteiger partial charge in [0.05, 0.1) is 10.7 Å². The van der Waals surface area contributed by atoms with E-state index in [1.807, 2.05) is 0 Å². The van der Waals surface area contributed by atoms with Crippen molar-refractivity contribution in [2.24, 2.45) is 0 Å². The number of non-ortho nitro benzene ring substituents is 1. The van der Waals surface area contributed by atoms with Crippen molar-refractivity contribution in [1.82, 2.24) is 0 Å². The van der Waals surface area contributed by atoms with Gasteiger partial charge in [0.15, 0.2) is 0 Å². The van der Waals surface area contributed by atoms with Crippen LogP contribution in [0.2, 0.25) is 0 Å². The molecule has 0 saturated carbocycles. The summed E-state index contributed by atoms with van der Waals surface area (Å²) in [4.78, 5) is 9.94. The second-order valence-corrected chi connectivity index (χ2v) is 5.92. The normalized spacial score (nSPS) is 13.1. The molecular formula is C9H11NO8S2. The van der Waals surface area contributed by atoms with E-state index in [4.69, 9.17) is 9.81 Å². The lowest BCUT2D eigenvalue weighted by Gasteiger charge is -2.14. The number of nitrogens with zero attached hydrogens (tertiary/aromatic N) is 1. The first kappa shape index (κ1) is 16.8. The van der Waals surface area contributed by atoms with E-state index in [0.717, 1.165) is 0 Å². The van der Waals surface area contributed by atoms with Crippen LogP contribution in [0, 0.1) is 10.1 Å². The molecule has 1 aromatic carbocycles. The lowest BCUT2D eigenvalue weighted by Crippen LogP contribution is -2.16. The second-order valence-electron chi connectivity index (χ2n) is 3.72. The van der Waals surface area contributed by atoms with Crippen molar-refractivity contribution < 1.29 is 32.5 Å². The van der Waals surface area contributed by atoms with E-state index in [9.17, 15) is 18.5 Å². The molecule has 0 radical (unpaired) electrons. The van der Waals surface area contributed by atoms with Crippen molar-refractivity contribution in [3.05, 3.63) is 39.9 Å². The Kier molecular flexibility index (Phi) is 6.32. The summed E-state index contributed by atoms with van der Waals surface area (Å²) in [5.74, 6) is -1.24. The first-order chi connectivity index (χ1) is 9.33. The topological polar surface area (TPSA) is 136 Å². The van der Waals surface area contributed by atoms with Gasteiger partial charge in [-0.3, -0.25) is 14.7 Å². The van der Waals surface area contributed by atoms with Crippen molar-refractivity contribution in [2.45, 2.75) is 5.92 Å². The molecule has 0 bridgehead atoms. The SMILES string of the molecule is O=[N+]([O-])c1ccc(C(CSOOO)CS(=O)(=O)O)cc1. The molecule has 20 heavy (non-hydrogen) atoms. The molecular weight excluding hydrogens is 314 g/mol. The van der Waals surface area contributed by atoms with Crippen molar-refractivity contribution >= 4 is 27.8 Å².